The van der Waals surface area contributed by atoms with Crippen molar-refractivity contribution in [2.24, 2.45) is 0 Å². The lowest BCUT2D eigenvalue weighted by Crippen LogP contribution is -2.35. The Morgan fingerprint density at radius 3 is 2.35 bits per heavy atom. The van der Waals surface area contributed by atoms with Crippen molar-refractivity contribution in [2.45, 2.75) is 32.0 Å². The van der Waals surface area contributed by atoms with Gasteiger partial charge in [-0.3, -0.25) is 4.90 Å². The third-order valence-corrected chi connectivity index (χ3v) is 5.93. The van der Waals surface area contributed by atoms with Gasteiger partial charge < -0.3 is 15.2 Å². The molecule has 1 fully saturated rings. The summed E-state index contributed by atoms with van der Waals surface area (Å²) in [6.07, 6.45) is 1.89. The van der Waals surface area contributed by atoms with Crippen molar-refractivity contribution in [1.29, 1.82) is 0 Å². The van der Waals surface area contributed by atoms with Crippen LogP contribution < -0.4 is 5.32 Å². The van der Waals surface area contributed by atoms with Gasteiger partial charge in [0.25, 0.3) is 0 Å². The molecule has 0 radical (unpaired) electrons. The van der Waals surface area contributed by atoms with Gasteiger partial charge in [-0.2, -0.15) is 0 Å². The number of hydrogen-bond acceptors (Lipinski definition) is 4. The second kappa shape index (κ2) is 11.1. The Hall–Kier alpha value is -2.66. The number of phenols is 1. The maximum Gasteiger partial charge on any atom is 0.120 e. The molecule has 0 spiro atoms. The molecule has 3 aromatic rings. The van der Waals surface area contributed by atoms with Crippen molar-refractivity contribution < 1.29 is 9.84 Å². The summed E-state index contributed by atoms with van der Waals surface area (Å²) in [5.41, 5.74) is 4.88. The van der Waals surface area contributed by atoms with Crippen LogP contribution in [0.5, 0.6) is 5.75 Å². The second-order valence-corrected chi connectivity index (χ2v) is 8.23. The van der Waals surface area contributed by atoms with Gasteiger partial charge in [0.2, 0.25) is 0 Å². The Balaban J connectivity index is 1.42. The summed E-state index contributed by atoms with van der Waals surface area (Å²) < 4.78 is 5.46. The van der Waals surface area contributed by atoms with Gasteiger partial charge in [-0.15, -0.1) is 0 Å². The van der Waals surface area contributed by atoms with Crippen molar-refractivity contribution >= 4 is 0 Å². The van der Waals surface area contributed by atoms with E-state index in [-0.39, 0.29) is 6.04 Å². The Morgan fingerprint density at radius 2 is 1.55 bits per heavy atom. The highest BCUT2D eigenvalue weighted by atomic mass is 16.5. The fraction of sp³-hybridized carbons (Fsp3) is 0.333. The zero-order chi connectivity index (χ0) is 21.3. The summed E-state index contributed by atoms with van der Waals surface area (Å²) in [5.74, 6) is 0.356. The second-order valence-electron chi connectivity index (χ2n) is 8.23. The lowest BCUT2D eigenvalue weighted by Gasteiger charge is -2.26. The van der Waals surface area contributed by atoms with Crippen LogP contribution in [0.4, 0.5) is 0 Å². The standard InChI is InChI=1S/C27H32N2O2/c30-27-12-5-4-11-25(27)26(14-13-22-7-2-1-3-8-22)28-20-23-9-6-10-24(19-23)21-29-15-17-31-18-16-29/h1-12,19,26,28,30H,13-18,20-21H2/t26-/m0/s1. The number of para-hydroxylation sites is 1. The number of rotatable bonds is 9. The lowest BCUT2D eigenvalue weighted by molar-refractivity contribution is 0.0342. The molecule has 0 bridgehead atoms. The van der Waals surface area contributed by atoms with Crippen LogP contribution in [0.25, 0.3) is 0 Å². The maximum atomic E-state index is 10.4. The molecule has 1 saturated heterocycles. The molecule has 1 aliphatic heterocycles. The molecule has 1 heterocycles. The number of phenolic OH excluding ortho intramolecular Hbond substituents is 1. The first-order valence-electron chi connectivity index (χ1n) is 11.2. The van der Waals surface area contributed by atoms with Crippen LogP contribution in [0.2, 0.25) is 0 Å². The topological polar surface area (TPSA) is 44.7 Å². The molecule has 0 saturated carbocycles. The first-order chi connectivity index (χ1) is 15.3. The van der Waals surface area contributed by atoms with Crippen molar-refractivity contribution in [3.8, 4) is 5.75 Å². The Morgan fingerprint density at radius 1 is 0.839 bits per heavy atom. The van der Waals surface area contributed by atoms with Gasteiger partial charge in [0, 0.05) is 37.8 Å². The molecule has 1 atom stereocenters. The molecule has 2 N–H and O–H groups in total. The van der Waals surface area contributed by atoms with Crippen LogP contribution in [0.15, 0.2) is 78.9 Å². The van der Waals surface area contributed by atoms with E-state index in [0.29, 0.717) is 5.75 Å². The molecule has 31 heavy (non-hydrogen) atoms. The van der Waals surface area contributed by atoms with E-state index in [0.717, 1.165) is 57.8 Å². The van der Waals surface area contributed by atoms with Gasteiger partial charge in [0.05, 0.1) is 13.2 Å². The minimum absolute atomic E-state index is 0.0873. The van der Waals surface area contributed by atoms with E-state index < -0.39 is 0 Å². The quantitative estimate of drug-likeness (QED) is 0.531. The van der Waals surface area contributed by atoms with E-state index in [1.807, 2.05) is 24.3 Å². The zero-order valence-electron chi connectivity index (χ0n) is 18.0. The Labute approximate surface area is 185 Å². The van der Waals surface area contributed by atoms with Gasteiger partial charge in [-0.25, -0.2) is 0 Å². The number of nitrogens with one attached hydrogen (secondary N) is 1. The molecule has 1 aliphatic rings. The van der Waals surface area contributed by atoms with Crippen LogP contribution in [-0.2, 0) is 24.2 Å². The molecule has 162 valence electrons. The number of aryl methyl sites for hydroxylation is 1. The zero-order valence-corrected chi connectivity index (χ0v) is 18.0. The van der Waals surface area contributed by atoms with E-state index in [1.54, 1.807) is 6.07 Å². The van der Waals surface area contributed by atoms with Gasteiger partial charge in [-0.05, 0) is 35.6 Å². The molecular formula is C27H32N2O2. The first-order valence-corrected chi connectivity index (χ1v) is 11.2. The SMILES string of the molecule is Oc1ccccc1[C@H](CCc1ccccc1)NCc1cccc(CN2CCOCC2)c1. The summed E-state index contributed by atoms with van der Waals surface area (Å²) in [5, 5.41) is 14.1. The summed E-state index contributed by atoms with van der Waals surface area (Å²) in [6.45, 7) is 5.38. The molecule has 0 aliphatic carbocycles. The molecular weight excluding hydrogens is 384 g/mol. The molecule has 4 heteroatoms. The van der Waals surface area contributed by atoms with Crippen LogP contribution in [0.1, 0.15) is 34.7 Å². The predicted molar refractivity (Wildman–Crippen MR) is 125 cm³/mol. The fourth-order valence-electron chi connectivity index (χ4n) is 4.20. The molecule has 0 amide bonds. The van der Waals surface area contributed by atoms with Crippen LogP contribution in [0.3, 0.4) is 0 Å². The smallest absolute Gasteiger partial charge is 0.120 e. The van der Waals surface area contributed by atoms with Gasteiger partial charge in [0.15, 0.2) is 0 Å². The normalized spacial score (nSPS) is 15.6. The third kappa shape index (κ3) is 6.41. The number of morpholine rings is 1. The highest BCUT2D eigenvalue weighted by Gasteiger charge is 2.15. The third-order valence-electron chi connectivity index (χ3n) is 5.93. The number of hydrogen-bond donors (Lipinski definition) is 2. The number of benzene rings is 3. The molecule has 4 rings (SSSR count). The minimum Gasteiger partial charge on any atom is -0.508 e. The Bertz CT molecular complexity index is 939. The van der Waals surface area contributed by atoms with Crippen molar-refractivity contribution in [3.63, 3.8) is 0 Å². The van der Waals surface area contributed by atoms with Crippen molar-refractivity contribution in [1.82, 2.24) is 10.2 Å². The number of aromatic hydroxyl groups is 1. The highest BCUT2D eigenvalue weighted by Crippen LogP contribution is 2.27. The van der Waals surface area contributed by atoms with Crippen LogP contribution in [0, 0.1) is 0 Å². The first kappa shape index (κ1) is 21.6. The van der Waals surface area contributed by atoms with Crippen LogP contribution in [-0.4, -0.2) is 36.3 Å². The van der Waals surface area contributed by atoms with Gasteiger partial charge >= 0.3 is 0 Å². The van der Waals surface area contributed by atoms with E-state index >= 15 is 0 Å². The molecule has 0 unspecified atom stereocenters. The average Bonchev–Trinajstić information content (AvgIpc) is 2.81. The summed E-state index contributed by atoms with van der Waals surface area (Å²) in [6, 6.07) is 27.1. The average molecular weight is 417 g/mol. The predicted octanol–water partition coefficient (Wildman–Crippen LogP) is 4.69. The summed E-state index contributed by atoms with van der Waals surface area (Å²) in [7, 11) is 0. The van der Waals surface area contributed by atoms with Gasteiger partial charge in [-0.1, -0.05) is 72.8 Å². The highest BCUT2D eigenvalue weighted by molar-refractivity contribution is 5.35. The van der Waals surface area contributed by atoms with E-state index in [4.69, 9.17) is 4.74 Å². The minimum atomic E-state index is 0.0873. The largest absolute Gasteiger partial charge is 0.508 e. The van der Waals surface area contributed by atoms with Gasteiger partial charge in [0.1, 0.15) is 5.75 Å². The lowest BCUT2D eigenvalue weighted by atomic mass is 9.97. The number of nitrogens with zero attached hydrogens (tertiary/aromatic N) is 1. The van der Waals surface area contributed by atoms with E-state index in [2.05, 4.69) is 58.7 Å². The Kier molecular flexibility index (Phi) is 7.72. The molecule has 4 nitrogen and oxygen atoms in total. The van der Waals surface area contributed by atoms with E-state index in [1.165, 1.54) is 16.7 Å². The van der Waals surface area contributed by atoms with E-state index in [9.17, 15) is 5.11 Å². The fourth-order valence-corrected chi connectivity index (χ4v) is 4.20. The van der Waals surface area contributed by atoms with Crippen molar-refractivity contribution in [3.05, 3.63) is 101 Å². The summed E-state index contributed by atoms with van der Waals surface area (Å²) >= 11 is 0. The molecule has 3 aromatic carbocycles. The van der Waals surface area contributed by atoms with Crippen molar-refractivity contribution in [2.75, 3.05) is 26.3 Å². The maximum absolute atomic E-state index is 10.4. The monoisotopic (exact) mass is 416 g/mol. The number of ether oxygens (including phenoxy) is 1. The van der Waals surface area contributed by atoms with Crippen LogP contribution >= 0.6 is 0 Å². The summed E-state index contributed by atoms with van der Waals surface area (Å²) in [4.78, 5) is 2.45. The molecule has 0 aromatic heterocycles.